The van der Waals surface area contributed by atoms with Crippen molar-refractivity contribution in [3.8, 4) is 0 Å². The molecule has 9 nitrogen and oxygen atoms in total. The summed E-state index contributed by atoms with van der Waals surface area (Å²) in [5.74, 6) is -2.11. The topological polar surface area (TPSA) is 111 Å². The molecule has 0 radical (unpaired) electrons. The van der Waals surface area contributed by atoms with E-state index in [1.54, 1.807) is 19.9 Å². The lowest BCUT2D eigenvalue weighted by Gasteiger charge is -2.30. The first kappa shape index (κ1) is 28.7. The van der Waals surface area contributed by atoms with Crippen LogP contribution in [0.25, 0.3) is 0 Å². The zero-order valence-corrected chi connectivity index (χ0v) is 22.4. The van der Waals surface area contributed by atoms with Crippen LogP contribution in [0.4, 0.5) is 5.69 Å². The third-order valence-corrected chi connectivity index (χ3v) is 5.80. The molecule has 0 bridgehead atoms. The third-order valence-electron chi connectivity index (χ3n) is 5.80. The number of hydrogen-bond donors (Lipinski definition) is 1. The molecule has 1 aliphatic rings. The molecule has 1 N–H and O–H groups in total. The van der Waals surface area contributed by atoms with Crippen LogP contribution in [0.3, 0.4) is 0 Å². The Morgan fingerprint density at radius 3 is 2.28 bits per heavy atom. The highest BCUT2D eigenvalue weighted by Crippen LogP contribution is 2.40. The molecule has 0 aromatic heterocycles. The van der Waals surface area contributed by atoms with Crippen LogP contribution in [0.5, 0.6) is 0 Å². The second kappa shape index (κ2) is 13.0. The molecule has 2 aromatic carbocycles. The Bertz CT molecular complexity index is 1180. The van der Waals surface area contributed by atoms with E-state index in [0.717, 1.165) is 5.56 Å². The number of benzene rings is 2. The van der Waals surface area contributed by atoms with Crippen molar-refractivity contribution in [1.29, 1.82) is 0 Å². The number of hydrogen-bond acceptors (Lipinski definition) is 8. The average molecular weight is 560 g/mol. The van der Waals surface area contributed by atoms with E-state index in [1.807, 2.05) is 42.3 Å². The van der Waals surface area contributed by atoms with Gasteiger partial charge in [0, 0.05) is 36.6 Å². The van der Waals surface area contributed by atoms with Gasteiger partial charge in [-0.3, -0.25) is 15.0 Å². The SMILES string of the molecule is Br.COC(=O)C1=C(C)NC(C)=C(C(=O)OCCN(C)Cc2ccccc2)C1c1cccc([N+](=O)[O-])c1. The number of carbonyl (C=O) groups is 2. The number of likely N-dealkylation sites (N-methyl/N-ethyl adjacent to an activating group) is 1. The number of allylic oxidation sites excluding steroid dienone is 2. The molecule has 2 aromatic rings. The fourth-order valence-electron chi connectivity index (χ4n) is 4.14. The standard InChI is InChI=1S/C26H29N3O6.BrH/c1-17-22(25(30)34-4)24(20-11-8-12-21(15-20)29(32)33)23(18(2)27-17)26(31)35-14-13-28(3)16-19-9-6-5-7-10-19;/h5-12,15,24,27H,13-14,16H2,1-4H3;1H. The highest BCUT2D eigenvalue weighted by Gasteiger charge is 2.38. The molecule has 10 heteroatoms. The van der Waals surface area contributed by atoms with Crippen molar-refractivity contribution in [2.24, 2.45) is 0 Å². The first-order valence-corrected chi connectivity index (χ1v) is 11.1. The van der Waals surface area contributed by atoms with E-state index < -0.39 is 22.8 Å². The third kappa shape index (κ3) is 6.79. The van der Waals surface area contributed by atoms with Crippen molar-refractivity contribution >= 4 is 34.6 Å². The maximum absolute atomic E-state index is 13.3. The van der Waals surface area contributed by atoms with E-state index in [2.05, 4.69) is 5.32 Å². The number of nitrogens with one attached hydrogen (secondary N) is 1. The Kier molecular flexibility index (Phi) is 10.4. The van der Waals surface area contributed by atoms with Gasteiger partial charge >= 0.3 is 11.9 Å². The van der Waals surface area contributed by atoms with Crippen molar-refractivity contribution in [2.75, 3.05) is 27.3 Å². The first-order chi connectivity index (χ1) is 16.7. The molecule has 1 unspecified atom stereocenters. The molecule has 0 fully saturated rings. The minimum absolute atomic E-state index is 0. The lowest BCUT2D eigenvalue weighted by molar-refractivity contribution is -0.384. The molecule has 1 heterocycles. The molecule has 0 saturated carbocycles. The van der Waals surface area contributed by atoms with Gasteiger partial charge in [-0.05, 0) is 32.0 Å². The summed E-state index contributed by atoms with van der Waals surface area (Å²) in [6.45, 7) is 4.74. The lowest BCUT2D eigenvalue weighted by Crippen LogP contribution is -2.33. The van der Waals surface area contributed by atoms with Gasteiger partial charge in [-0.25, -0.2) is 9.59 Å². The van der Waals surface area contributed by atoms with Gasteiger partial charge in [-0.2, -0.15) is 0 Å². The molecule has 192 valence electrons. The van der Waals surface area contributed by atoms with Gasteiger partial charge in [0.15, 0.2) is 0 Å². The van der Waals surface area contributed by atoms with Gasteiger partial charge in [0.2, 0.25) is 0 Å². The van der Waals surface area contributed by atoms with E-state index in [4.69, 9.17) is 9.47 Å². The van der Waals surface area contributed by atoms with Gasteiger partial charge in [0.05, 0.1) is 29.1 Å². The van der Waals surface area contributed by atoms with Crippen LogP contribution in [-0.2, 0) is 25.6 Å². The highest BCUT2D eigenvalue weighted by atomic mass is 79.9. The fourth-order valence-corrected chi connectivity index (χ4v) is 4.14. The number of nitrogens with zero attached hydrogens (tertiary/aromatic N) is 2. The number of rotatable bonds is 9. The molecule has 0 spiro atoms. The zero-order chi connectivity index (χ0) is 25.5. The van der Waals surface area contributed by atoms with Gasteiger partial charge in [-0.15, -0.1) is 17.0 Å². The van der Waals surface area contributed by atoms with Crippen LogP contribution in [0.2, 0.25) is 0 Å². The largest absolute Gasteiger partial charge is 0.466 e. The number of halogens is 1. The van der Waals surface area contributed by atoms with E-state index in [0.29, 0.717) is 30.0 Å². The van der Waals surface area contributed by atoms with Crippen molar-refractivity contribution in [2.45, 2.75) is 26.3 Å². The second-order valence-electron chi connectivity index (χ2n) is 8.34. The predicted octanol–water partition coefficient (Wildman–Crippen LogP) is 4.26. The highest BCUT2D eigenvalue weighted by molar-refractivity contribution is 8.93. The Labute approximate surface area is 220 Å². The average Bonchev–Trinajstić information content (AvgIpc) is 2.83. The molecule has 3 rings (SSSR count). The number of non-ortho nitro benzene ring substituents is 1. The number of nitro groups is 1. The van der Waals surface area contributed by atoms with Crippen LogP contribution in [0.15, 0.2) is 77.1 Å². The summed E-state index contributed by atoms with van der Waals surface area (Å²) in [5.41, 5.74) is 2.85. The summed E-state index contributed by atoms with van der Waals surface area (Å²) in [4.78, 5) is 38.8. The molecule has 0 aliphatic carbocycles. The summed E-state index contributed by atoms with van der Waals surface area (Å²) in [6, 6.07) is 15.8. The van der Waals surface area contributed by atoms with E-state index in [1.165, 1.54) is 25.3 Å². The van der Waals surface area contributed by atoms with Crippen LogP contribution in [-0.4, -0.2) is 49.1 Å². The Morgan fingerprint density at radius 1 is 1.03 bits per heavy atom. The lowest BCUT2D eigenvalue weighted by atomic mass is 9.80. The molecule has 0 amide bonds. The number of esters is 2. The minimum atomic E-state index is -0.877. The fraction of sp³-hybridized carbons (Fsp3) is 0.308. The van der Waals surface area contributed by atoms with Crippen LogP contribution >= 0.6 is 17.0 Å². The Balaban J connectivity index is 0.00000456. The maximum Gasteiger partial charge on any atom is 0.336 e. The zero-order valence-electron chi connectivity index (χ0n) is 20.6. The normalized spacial score (nSPS) is 15.2. The summed E-state index contributed by atoms with van der Waals surface area (Å²) in [7, 11) is 3.18. The van der Waals surface area contributed by atoms with E-state index in [-0.39, 0.29) is 40.4 Å². The number of ether oxygens (including phenoxy) is 2. The molecule has 36 heavy (non-hydrogen) atoms. The van der Waals surface area contributed by atoms with Crippen molar-refractivity contribution in [3.63, 3.8) is 0 Å². The minimum Gasteiger partial charge on any atom is -0.466 e. The first-order valence-electron chi connectivity index (χ1n) is 11.1. The molecular weight excluding hydrogens is 530 g/mol. The van der Waals surface area contributed by atoms with Gasteiger partial charge in [0.25, 0.3) is 5.69 Å². The molecular formula is C26H30BrN3O6. The molecule has 1 atom stereocenters. The van der Waals surface area contributed by atoms with E-state index in [9.17, 15) is 19.7 Å². The predicted molar refractivity (Wildman–Crippen MR) is 140 cm³/mol. The van der Waals surface area contributed by atoms with Gasteiger partial charge < -0.3 is 14.8 Å². The van der Waals surface area contributed by atoms with Crippen molar-refractivity contribution in [1.82, 2.24) is 10.2 Å². The summed E-state index contributed by atoms with van der Waals surface area (Å²) in [6.07, 6.45) is 0. The van der Waals surface area contributed by atoms with Crippen LogP contribution in [0.1, 0.15) is 30.9 Å². The van der Waals surface area contributed by atoms with Crippen molar-refractivity contribution in [3.05, 3.63) is 98.4 Å². The Hall–Kier alpha value is -3.50. The number of carbonyl (C=O) groups excluding carboxylic acids is 2. The summed E-state index contributed by atoms with van der Waals surface area (Å²) in [5, 5.41) is 14.4. The number of methoxy groups -OCH3 is 1. The van der Waals surface area contributed by atoms with E-state index >= 15 is 0 Å². The monoisotopic (exact) mass is 559 g/mol. The smallest absolute Gasteiger partial charge is 0.336 e. The van der Waals surface area contributed by atoms with Crippen molar-refractivity contribution < 1.29 is 24.0 Å². The van der Waals surface area contributed by atoms with Gasteiger partial charge in [0.1, 0.15) is 6.61 Å². The van der Waals surface area contributed by atoms with Gasteiger partial charge in [-0.1, -0.05) is 42.5 Å². The molecule has 1 aliphatic heterocycles. The number of dihydropyridines is 1. The summed E-state index contributed by atoms with van der Waals surface area (Å²) >= 11 is 0. The molecule has 0 saturated heterocycles. The quantitative estimate of drug-likeness (QED) is 0.275. The summed E-state index contributed by atoms with van der Waals surface area (Å²) < 4.78 is 10.6. The Morgan fingerprint density at radius 2 is 1.67 bits per heavy atom. The van der Waals surface area contributed by atoms with Crippen LogP contribution < -0.4 is 5.32 Å². The van der Waals surface area contributed by atoms with Crippen LogP contribution in [0, 0.1) is 10.1 Å². The maximum atomic E-state index is 13.3. The second-order valence-corrected chi connectivity index (χ2v) is 8.34. The number of nitro benzene ring substituents is 1.